The molecule has 0 aliphatic carbocycles. The van der Waals surface area contributed by atoms with Crippen molar-refractivity contribution in [3.8, 4) is 5.75 Å². The minimum absolute atomic E-state index is 0.0293. The number of nitrogens with zero attached hydrogens (tertiary/aromatic N) is 3. The summed E-state index contributed by atoms with van der Waals surface area (Å²) in [5.41, 5.74) is 0.0293. The monoisotopic (exact) mass is 309 g/mol. The summed E-state index contributed by atoms with van der Waals surface area (Å²) < 4.78 is 5.48. The predicted octanol–water partition coefficient (Wildman–Crippen LogP) is 0.972. The second kappa shape index (κ2) is 8.07. The molecule has 0 saturated carbocycles. The first-order valence-corrected chi connectivity index (χ1v) is 7.58. The number of aliphatic hydroxyl groups excluding tert-OH is 1. The van der Waals surface area contributed by atoms with Gasteiger partial charge in [-0.2, -0.15) is 0 Å². The number of nitro benzene ring substituents is 1. The number of β-amino-alcohol motifs (C(OH)–C–C–N with tert-alkyl or cyclic N) is 1. The van der Waals surface area contributed by atoms with Crippen LogP contribution in [0.15, 0.2) is 24.3 Å². The molecule has 22 heavy (non-hydrogen) atoms. The highest BCUT2D eigenvalue weighted by Gasteiger charge is 2.18. The Morgan fingerprint density at radius 2 is 1.82 bits per heavy atom. The number of ether oxygens (including phenoxy) is 1. The van der Waals surface area contributed by atoms with E-state index in [4.69, 9.17) is 4.74 Å². The van der Waals surface area contributed by atoms with Crippen molar-refractivity contribution in [2.75, 3.05) is 45.9 Å². The zero-order valence-corrected chi connectivity index (χ0v) is 12.9. The molecule has 1 saturated heterocycles. The average molecular weight is 309 g/mol. The highest BCUT2D eigenvalue weighted by atomic mass is 16.6. The summed E-state index contributed by atoms with van der Waals surface area (Å²) in [6.07, 6.45) is -0.566. The molecule has 0 spiro atoms. The van der Waals surface area contributed by atoms with Gasteiger partial charge in [-0.25, -0.2) is 0 Å². The van der Waals surface area contributed by atoms with Crippen LogP contribution in [0.1, 0.15) is 6.92 Å². The SMILES string of the molecule is CCN1CCN(CC(O)COc2ccc([N+](=O)[O-])cc2)CC1. The molecule has 1 heterocycles. The van der Waals surface area contributed by atoms with E-state index in [1.54, 1.807) is 12.1 Å². The molecule has 1 N–H and O–H groups in total. The van der Waals surface area contributed by atoms with Crippen molar-refractivity contribution in [3.63, 3.8) is 0 Å². The number of hydrogen-bond donors (Lipinski definition) is 1. The topological polar surface area (TPSA) is 79.1 Å². The summed E-state index contributed by atoms with van der Waals surface area (Å²) in [5, 5.41) is 20.6. The summed E-state index contributed by atoms with van der Waals surface area (Å²) >= 11 is 0. The van der Waals surface area contributed by atoms with Crippen molar-refractivity contribution in [2.24, 2.45) is 0 Å². The van der Waals surface area contributed by atoms with Gasteiger partial charge in [0.1, 0.15) is 18.5 Å². The van der Waals surface area contributed by atoms with E-state index in [2.05, 4.69) is 16.7 Å². The normalized spacial score (nSPS) is 18.1. The third kappa shape index (κ3) is 4.94. The minimum Gasteiger partial charge on any atom is -0.491 e. The van der Waals surface area contributed by atoms with Crippen molar-refractivity contribution in [2.45, 2.75) is 13.0 Å². The summed E-state index contributed by atoms with van der Waals surface area (Å²) in [4.78, 5) is 14.7. The Kier molecular flexibility index (Phi) is 6.11. The number of rotatable bonds is 7. The van der Waals surface area contributed by atoms with Gasteiger partial charge in [0.2, 0.25) is 0 Å². The molecule has 2 rings (SSSR count). The maximum atomic E-state index is 10.6. The van der Waals surface area contributed by atoms with Crippen LogP contribution in [-0.4, -0.2) is 71.8 Å². The van der Waals surface area contributed by atoms with Crippen LogP contribution in [0.4, 0.5) is 5.69 Å². The average Bonchev–Trinajstić information content (AvgIpc) is 2.54. The van der Waals surface area contributed by atoms with Crippen LogP contribution in [0, 0.1) is 10.1 Å². The summed E-state index contributed by atoms with van der Waals surface area (Å²) in [6.45, 7) is 7.99. The number of nitro groups is 1. The number of benzene rings is 1. The van der Waals surface area contributed by atoms with Crippen molar-refractivity contribution >= 4 is 5.69 Å². The summed E-state index contributed by atoms with van der Waals surface area (Å²) in [5.74, 6) is 0.528. The van der Waals surface area contributed by atoms with Crippen LogP contribution in [0.3, 0.4) is 0 Å². The fraction of sp³-hybridized carbons (Fsp3) is 0.600. The van der Waals surface area contributed by atoms with Gasteiger partial charge >= 0.3 is 0 Å². The molecule has 1 atom stereocenters. The lowest BCUT2D eigenvalue weighted by Gasteiger charge is -2.34. The molecule has 0 bridgehead atoms. The van der Waals surface area contributed by atoms with E-state index in [1.807, 2.05) is 0 Å². The molecule has 122 valence electrons. The van der Waals surface area contributed by atoms with Crippen LogP contribution < -0.4 is 4.74 Å². The maximum absolute atomic E-state index is 10.6. The molecule has 7 nitrogen and oxygen atoms in total. The van der Waals surface area contributed by atoms with E-state index >= 15 is 0 Å². The Labute approximate surface area is 130 Å². The zero-order chi connectivity index (χ0) is 15.9. The van der Waals surface area contributed by atoms with E-state index in [1.165, 1.54) is 12.1 Å². The Balaban J connectivity index is 1.71. The molecule has 1 aliphatic rings. The molecule has 0 aromatic heterocycles. The first kappa shape index (κ1) is 16.7. The van der Waals surface area contributed by atoms with E-state index in [0.29, 0.717) is 12.3 Å². The molecule has 0 radical (unpaired) electrons. The largest absolute Gasteiger partial charge is 0.491 e. The lowest BCUT2D eigenvalue weighted by molar-refractivity contribution is -0.384. The van der Waals surface area contributed by atoms with Crippen molar-refractivity contribution in [1.82, 2.24) is 9.80 Å². The first-order chi connectivity index (χ1) is 10.6. The Hall–Kier alpha value is -1.70. The Bertz CT molecular complexity index is 472. The van der Waals surface area contributed by atoms with E-state index in [9.17, 15) is 15.2 Å². The second-order valence-corrected chi connectivity index (χ2v) is 5.45. The Morgan fingerprint density at radius 3 is 2.36 bits per heavy atom. The lowest BCUT2D eigenvalue weighted by Crippen LogP contribution is -2.49. The lowest BCUT2D eigenvalue weighted by atomic mass is 10.2. The van der Waals surface area contributed by atoms with Crippen molar-refractivity contribution < 1.29 is 14.8 Å². The molecule has 1 aromatic rings. The van der Waals surface area contributed by atoms with Crippen LogP contribution >= 0.6 is 0 Å². The van der Waals surface area contributed by atoms with E-state index in [-0.39, 0.29) is 12.3 Å². The molecule has 1 aliphatic heterocycles. The second-order valence-electron chi connectivity index (χ2n) is 5.45. The fourth-order valence-electron chi connectivity index (χ4n) is 2.50. The predicted molar refractivity (Wildman–Crippen MR) is 83.2 cm³/mol. The highest BCUT2D eigenvalue weighted by Crippen LogP contribution is 2.17. The quantitative estimate of drug-likeness (QED) is 0.597. The molecule has 1 fully saturated rings. The van der Waals surface area contributed by atoms with Crippen LogP contribution in [0.5, 0.6) is 5.75 Å². The molecule has 1 unspecified atom stereocenters. The fourth-order valence-corrected chi connectivity index (χ4v) is 2.50. The van der Waals surface area contributed by atoms with E-state index < -0.39 is 11.0 Å². The number of piperazine rings is 1. The van der Waals surface area contributed by atoms with E-state index in [0.717, 1.165) is 32.7 Å². The first-order valence-electron chi connectivity index (χ1n) is 7.58. The van der Waals surface area contributed by atoms with Gasteiger partial charge in [0.05, 0.1) is 4.92 Å². The summed E-state index contributed by atoms with van der Waals surface area (Å²) in [7, 11) is 0. The third-order valence-electron chi connectivity index (χ3n) is 3.87. The molecule has 7 heteroatoms. The number of non-ortho nitro benzene ring substituents is 1. The van der Waals surface area contributed by atoms with Gasteiger partial charge < -0.3 is 14.7 Å². The number of aliphatic hydroxyl groups is 1. The standard InChI is InChI=1S/C15H23N3O4/c1-2-16-7-9-17(10-8-16)11-14(19)12-22-15-5-3-13(4-6-15)18(20)21/h3-6,14,19H,2,7-12H2,1H3. The van der Waals surface area contributed by atoms with Crippen LogP contribution in [-0.2, 0) is 0 Å². The highest BCUT2D eigenvalue weighted by molar-refractivity contribution is 5.35. The zero-order valence-electron chi connectivity index (χ0n) is 12.9. The summed E-state index contributed by atoms with van der Waals surface area (Å²) in [6, 6.07) is 5.88. The van der Waals surface area contributed by atoms with Gasteiger partial charge in [0.25, 0.3) is 5.69 Å². The van der Waals surface area contributed by atoms with Crippen molar-refractivity contribution in [1.29, 1.82) is 0 Å². The Morgan fingerprint density at radius 1 is 1.23 bits per heavy atom. The molecular weight excluding hydrogens is 286 g/mol. The molecule has 1 aromatic carbocycles. The molecular formula is C15H23N3O4. The third-order valence-corrected chi connectivity index (χ3v) is 3.87. The number of hydrogen-bond acceptors (Lipinski definition) is 6. The maximum Gasteiger partial charge on any atom is 0.269 e. The minimum atomic E-state index is -0.566. The van der Waals surface area contributed by atoms with Gasteiger partial charge in [-0.3, -0.25) is 15.0 Å². The van der Waals surface area contributed by atoms with Crippen LogP contribution in [0.25, 0.3) is 0 Å². The molecule has 0 amide bonds. The van der Waals surface area contributed by atoms with Gasteiger partial charge in [-0.15, -0.1) is 0 Å². The number of likely N-dealkylation sites (N-methyl/N-ethyl adjacent to an activating group) is 1. The van der Waals surface area contributed by atoms with Gasteiger partial charge in [0, 0.05) is 44.9 Å². The van der Waals surface area contributed by atoms with Gasteiger partial charge in [0.15, 0.2) is 0 Å². The van der Waals surface area contributed by atoms with Crippen molar-refractivity contribution in [3.05, 3.63) is 34.4 Å². The van der Waals surface area contributed by atoms with Gasteiger partial charge in [-0.05, 0) is 18.7 Å². The van der Waals surface area contributed by atoms with Gasteiger partial charge in [-0.1, -0.05) is 6.92 Å². The smallest absolute Gasteiger partial charge is 0.269 e. The van der Waals surface area contributed by atoms with Crippen LogP contribution in [0.2, 0.25) is 0 Å².